The largest absolute Gasteiger partial charge is 0.337 e. The van der Waals surface area contributed by atoms with E-state index < -0.39 is 0 Å². The van der Waals surface area contributed by atoms with E-state index in [0.29, 0.717) is 6.54 Å². The van der Waals surface area contributed by atoms with Crippen LogP contribution in [0.15, 0.2) is 30.3 Å². The molecule has 1 aromatic carbocycles. The second-order valence-electron chi connectivity index (χ2n) is 2.82. The Morgan fingerprint density at radius 3 is 2.62 bits per heavy atom. The molecule has 3 heteroatoms. The van der Waals surface area contributed by atoms with Gasteiger partial charge in [-0.25, -0.2) is 0 Å². The number of hydrogen-bond donors (Lipinski definition) is 1. The lowest BCUT2D eigenvalue weighted by Crippen LogP contribution is -2.26. The zero-order valence-electron chi connectivity index (χ0n) is 7.53. The van der Waals surface area contributed by atoms with Crippen LogP contribution in [0.25, 0.3) is 0 Å². The maximum absolute atomic E-state index is 11.0. The van der Waals surface area contributed by atoms with Gasteiger partial charge in [-0.2, -0.15) is 0 Å². The summed E-state index contributed by atoms with van der Waals surface area (Å²) in [5, 5.41) is 6.79. The van der Waals surface area contributed by atoms with Gasteiger partial charge in [0.25, 0.3) is 5.91 Å². The average molecular weight is 176 g/mol. The van der Waals surface area contributed by atoms with Gasteiger partial charge in [0.15, 0.2) is 0 Å². The van der Waals surface area contributed by atoms with Gasteiger partial charge in [0, 0.05) is 13.6 Å². The summed E-state index contributed by atoms with van der Waals surface area (Å²) in [5.74, 6) is -0.274. The minimum absolute atomic E-state index is 0.274. The number of nitrogens with zero attached hydrogens (tertiary/aromatic N) is 1. The number of carbonyl (C=O) groups excluding carboxylic acids is 1. The summed E-state index contributed by atoms with van der Waals surface area (Å²) >= 11 is 0. The first-order chi connectivity index (χ1) is 6.24. The van der Waals surface area contributed by atoms with Crippen molar-refractivity contribution in [1.29, 1.82) is 5.41 Å². The molecule has 1 rings (SSSR count). The standard InChI is InChI=1S/C10H12N2O/c1-12(10(13)7-11)8-9-5-3-2-4-6-9/h2-7,11H,8H2,1H3. The van der Waals surface area contributed by atoms with Crippen LogP contribution in [-0.2, 0) is 11.3 Å². The molecule has 0 aliphatic rings. The fraction of sp³-hybridized carbons (Fsp3) is 0.200. The number of hydrogen-bond acceptors (Lipinski definition) is 2. The van der Waals surface area contributed by atoms with Crippen LogP contribution in [0.2, 0.25) is 0 Å². The Morgan fingerprint density at radius 2 is 2.08 bits per heavy atom. The molecule has 0 unspecified atom stereocenters. The van der Waals surface area contributed by atoms with E-state index in [1.54, 1.807) is 7.05 Å². The lowest BCUT2D eigenvalue weighted by molar-refractivity contribution is -0.122. The fourth-order valence-corrected chi connectivity index (χ4v) is 1.05. The molecule has 1 amide bonds. The van der Waals surface area contributed by atoms with Gasteiger partial charge in [-0.05, 0) is 5.56 Å². The van der Waals surface area contributed by atoms with Gasteiger partial charge in [0.1, 0.15) is 0 Å². The van der Waals surface area contributed by atoms with Crippen LogP contribution < -0.4 is 0 Å². The number of nitrogens with one attached hydrogen (secondary N) is 1. The molecule has 0 saturated carbocycles. The van der Waals surface area contributed by atoms with Gasteiger partial charge in [-0.15, -0.1) is 0 Å². The maximum atomic E-state index is 11.0. The third-order valence-electron chi connectivity index (χ3n) is 1.76. The van der Waals surface area contributed by atoms with Crippen LogP contribution in [-0.4, -0.2) is 24.1 Å². The number of carbonyl (C=O) groups is 1. The Morgan fingerprint density at radius 1 is 1.46 bits per heavy atom. The molecular weight excluding hydrogens is 164 g/mol. The van der Waals surface area contributed by atoms with Crippen LogP contribution in [0.4, 0.5) is 0 Å². The predicted octanol–water partition coefficient (Wildman–Crippen LogP) is 1.29. The van der Waals surface area contributed by atoms with E-state index in [4.69, 9.17) is 5.41 Å². The molecule has 13 heavy (non-hydrogen) atoms. The van der Waals surface area contributed by atoms with Crippen molar-refractivity contribution >= 4 is 12.1 Å². The van der Waals surface area contributed by atoms with Crippen molar-refractivity contribution in [2.75, 3.05) is 7.05 Å². The molecule has 1 aromatic rings. The smallest absolute Gasteiger partial charge is 0.264 e. The topological polar surface area (TPSA) is 44.2 Å². The summed E-state index contributed by atoms with van der Waals surface area (Å²) < 4.78 is 0. The molecule has 0 aliphatic heterocycles. The summed E-state index contributed by atoms with van der Waals surface area (Å²) in [6, 6.07) is 9.69. The third kappa shape index (κ3) is 2.71. The molecule has 0 saturated heterocycles. The van der Waals surface area contributed by atoms with Gasteiger partial charge < -0.3 is 10.3 Å². The molecule has 0 atom stereocenters. The van der Waals surface area contributed by atoms with E-state index in [1.165, 1.54) is 4.90 Å². The Bertz CT molecular complexity index is 295. The summed E-state index contributed by atoms with van der Waals surface area (Å²) in [4.78, 5) is 12.5. The lowest BCUT2D eigenvalue weighted by Gasteiger charge is -2.13. The first-order valence-electron chi connectivity index (χ1n) is 4.03. The molecule has 0 bridgehead atoms. The van der Waals surface area contributed by atoms with E-state index in [1.807, 2.05) is 30.3 Å². The molecule has 1 N–H and O–H groups in total. The van der Waals surface area contributed by atoms with E-state index in [2.05, 4.69) is 0 Å². The van der Waals surface area contributed by atoms with Crippen molar-refractivity contribution in [3.63, 3.8) is 0 Å². The first kappa shape index (κ1) is 9.45. The lowest BCUT2D eigenvalue weighted by atomic mass is 10.2. The van der Waals surface area contributed by atoms with Crippen molar-refractivity contribution in [2.45, 2.75) is 6.54 Å². The molecule has 0 spiro atoms. The van der Waals surface area contributed by atoms with Gasteiger partial charge in [0.05, 0.1) is 6.21 Å². The van der Waals surface area contributed by atoms with Gasteiger partial charge in [0.2, 0.25) is 0 Å². The second kappa shape index (κ2) is 4.40. The van der Waals surface area contributed by atoms with Gasteiger partial charge in [-0.3, -0.25) is 4.79 Å². The Balaban J connectivity index is 2.60. The summed E-state index contributed by atoms with van der Waals surface area (Å²) in [5.41, 5.74) is 1.07. The molecule has 0 heterocycles. The highest BCUT2D eigenvalue weighted by Gasteiger charge is 2.04. The third-order valence-corrected chi connectivity index (χ3v) is 1.76. The van der Waals surface area contributed by atoms with Crippen molar-refractivity contribution < 1.29 is 4.79 Å². The van der Waals surface area contributed by atoms with E-state index >= 15 is 0 Å². The summed E-state index contributed by atoms with van der Waals surface area (Å²) in [6.07, 6.45) is 0.822. The molecule has 0 fully saturated rings. The highest BCUT2D eigenvalue weighted by Crippen LogP contribution is 2.01. The van der Waals surface area contributed by atoms with Crippen LogP contribution in [0.5, 0.6) is 0 Å². The van der Waals surface area contributed by atoms with E-state index in [9.17, 15) is 4.79 Å². The minimum atomic E-state index is -0.274. The van der Waals surface area contributed by atoms with Crippen molar-refractivity contribution in [1.82, 2.24) is 4.90 Å². The molecule has 0 radical (unpaired) electrons. The average Bonchev–Trinajstić information content (AvgIpc) is 2.18. The SMILES string of the molecule is CN(Cc1ccccc1)C(=O)C=N. The predicted molar refractivity (Wildman–Crippen MR) is 51.7 cm³/mol. The summed E-state index contributed by atoms with van der Waals surface area (Å²) in [6.45, 7) is 0.551. The summed E-state index contributed by atoms with van der Waals surface area (Å²) in [7, 11) is 1.68. The Kier molecular flexibility index (Phi) is 3.20. The molecule has 0 aliphatic carbocycles. The van der Waals surface area contributed by atoms with Crippen LogP contribution in [0.1, 0.15) is 5.56 Å². The highest BCUT2D eigenvalue weighted by atomic mass is 16.2. The minimum Gasteiger partial charge on any atom is -0.337 e. The zero-order chi connectivity index (χ0) is 9.68. The van der Waals surface area contributed by atoms with Gasteiger partial charge >= 0.3 is 0 Å². The maximum Gasteiger partial charge on any atom is 0.264 e. The highest BCUT2D eigenvalue weighted by molar-refractivity contribution is 6.24. The first-order valence-corrected chi connectivity index (χ1v) is 4.03. The molecule has 68 valence electrons. The Hall–Kier alpha value is -1.64. The second-order valence-corrected chi connectivity index (χ2v) is 2.82. The van der Waals surface area contributed by atoms with Crippen LogP contribution in [0.3, 0.4) is 0 Å². The normalized spacial score (nSPS) is 9.31. The van der Waals surface area contributed by atoms with Crippen LogP contribution >= 0.6 is 0 Å². The van der Waals surface area contributed by atoms with Crippen molar-refractivity contribution in [3.8, 4) is 0 Å². The molecule has 0 aromatic heterocycles. The fourth-order valence-electron chi connectivity index (χ4n) is 1.05. The quantitative estimate of drug-likeness (QED) is 0.693. The Labute approximate surface area is 77.5 Å². The van der Waals surface area contributed by atoms with Crippen molar-refractivity contribution in [2.24, 2.45) is 0 Å². The molecule has 3 nitrogen and oxygen atoms in total. The van der Waals surface area contributed by atoms with Crippen LogP contribution in [0, 0.1) is 5.41 Å². The number of rotatable bonds is 3. The number of amides is 1. The monoisotopic (exact) mass is 176 g/mol. The van der Waals surface area contributed by atoms with Crippen molar-refractivity contribution in [3.05, 3.63) is 35.9 Å². The van der Waals surface area contributed by atoms with Gasteiger partial charge in [-0.1, -0.05) is 30.3 Å². The zero-order valence-corrected chi connectivity index (χ0v) is 7.53. The van der Waals surface area contributed by atoms with E-state index in [0.717, 1.165) is 11.8 Å². The number of benzene rings is 1. The van der Waals surface area contributed by atoms with E-state index in [-0.39, 0.29) is 5.91 Å². The molecular formula is C10H12N2O.